The summed E-state index contributed by atoms with van der Waals surface area (Å²) in [4.78, 5) is 22.9. The van der Waals surface area contributed by atoms with Crippen molar-refractivity contribution in [1.82, 2.24) is 19.4 Å². The molecular weight excluding hydrogens is 554 g/mol. The van der Waals surface area contributed by atoms with Gasteiger partial charge in [-0.15, -0.1) is 0 Å². The van der Waals surface area contributed by atoms with Crippen LogP contribution >= 0.6 is 11.6 Å². The maximum absolute atomic E-state index is 14.6. The second-order valence-electron chi connectivity index (χ2n) is 10.5. The molecule has 0 bridgehead atoms. The van der Waals surface area contributed by atoms with Gasteiger partial charge in [-0.25, -0.2) is 23.5 Å². The number of benzene rings is 2. The lowest BCUT2D eigenvalue weighted by molar-refractivity contribution is -0.0593. The van der Waals surface area contributed by atoms with Crippen molar-refractivity contribution in [3.8, 4) is 5.75 Å². The maximum Gasteiger partial charge on any atom is 0.354 e. The van der Waals surface area contributed by atoms with Crippen molar-refractivity contribution in [3.63, 3.8) is 0 Å². The highest BCUT2D eigenvalue weighted by Gasteiger charge is 2.26. The van der Waals surface area contributed by atoms with E-state index in [-0.39, 0.29) is 23.7 Å². The Balaban J connectivity index is 1.11. The molecule has 41 heavy (non-hydrogen) atoms. The van der Waals surface area contributed by atoms with Crippen molar-refractivity contribution in [3.05, 3.63) is 87.8 Å². The molecule has 4 heterocycles. The average Bonchev–Trinajstić information content (AvgIpc) is 3.26. The van der Waals surface area contributed by atoms with Gasteiger partial charge in [-0.3, -0.25) is 4.90 Å². The summed E-state index contributed by atoms with van der Waals surface area (Å²) in [5.74, 6) is -0.963. The Kier molecular flexibility index (Phi) is 7.88. The van der Waals surface area contributed by atoms with Crippen LogP contribution in [0.15, 0.2) is 48.5 Å². The number of aromatic nitrogens is 3. The number of ether oxygens (including phenoxy) is 2. The summed E-state index contributed by atoms with van der Waals surface area (Å²) < 4.78 is 42.6. The lowest BCUT2D eigenvalue weighted by Crippen LogP contribution is -2.39. The molecule has 0 spiro atoms. The van der Waals surface area contributed by atoms with E-state index in [1.54, 1.807) is 30.3 Å². The Bertz CT molecular complexity index is 1580. The Morgan fingerprint density at radius 3 is 2.56 bits per heavy atom. The quantitative estimate of drug-likeness (QED) is 0.279. The fraction of sp³-hybridized carbons (Fsp3) is 0.367. The molecule has 11 heteroatoms. The number of pyridine rings is 1. The smallest absolute Gasteiger partial charge is 0.354 e. The highest BCUT2D eigenvalue weighted by atomic mass is 35.5. The topological polar surface area (TPSA) is 89.7 Å². The fourth-order valence-electron chi connectivity index (χ4n) is 5.31. The maximum atomic E-state index is 14.6. The second kappa shape index (κ2) is 11.7. The van der Waals surface area contributed by atoms with Crippen LogP contribution in [-0.2, 0) is 24.2 Å². The molecule has 214 valence electrons. The normalized spacial score (nSPS) is 18.0. The molecule has 0 amide bonds. The number of fused-ring (bicyclic) bond motifs is 1. The van der Waals surface area contributed by atoms with Crippen LogP contribution in [0.3, 0.4) is 0 Å². The van der Waals surface area contributed by atoms with Gasteiger partial charge in [-0.2, -0.15) is 0 Å². The Morgan fingerprint density at radius 2 is 1.85 bits per heavy atom. The van der Waals surface area contributed by atoms with Crippen molar-refractivity contribution in [2.75, 3.05) is 19.7 Å². The number of hydrogen-bond donors (Lipinski definition) is 1. The number of likely N-dealkylation sites (tertiary alicyclic amines) is 1. The van der Waals surface area contributed by atoms with Gasteiger partial charge in [0.1, 0.15) is 23.3 Å². The van der Waals surface area contributed by atoms with E-state index in [2.05, 4.69) is 9.88 Å². The minimum atomic E-state index is -1.08. The molecule has 2 aromatic heterocycles. The summed E-state index contributed by atoms with van der Waals surface area (Å²) in [6, 6.07) is 12.3. The number of nitrogens with zero attached hydrogens (tertiary/aromatic N) is 4. The molecule has 1 unspecified atom stereocenters. The number of imidazole rings is 1. The molecule has 0 radical (unpaired) electrons. The number of carbonyl (C=O) groups is 1. The molecule has 2 aromatic carbocycles. The van der Waals surface area contributed by atoms with Crippen molar-refractivity contribution in [2.45, 2.75) is 51.0 Å². The summed E-state index contributed by atoms with van der Waals surface area (Å²) in [7, 11) is 0. The molecule has 2 fully saturated rings. The lowest BCUT2D eigenvalue weighted by atomic mass is 10.0. The van der Waals surface area contributed by atoms with E-state index < -0.39 is 17.6 Å². The molecule has 0 saturated carbocycles. The van der Waals surface area contributed by atoms with E-state index in [9.17, 15) is 18.7 Å². The first kappa shape index (κ1) is 27.6. The first-order valence-electron chi connectivity index (χ1n) is 13.6. The van der Waals surface area contributed by atoms with Crippen LogP contribution in [0.25, 0.3) is 11.2 Å². The first-order valence-corrected chi connectivity index (χ1v) is 14.0. The van der Waals surface area contributed by atoms with Gasteiger partial charge in [-0.05, 0) is 66.8 Å². The van der Waals surface area contributed by atoms with E-state index in [0.717, 1.165) is 37.5 Å². The first-order chi connectivity index (χ1) is 19.8. The molecule has 4 aromatic rings. The van der Waals surface area contributed by atoms with Gasteiger partial charge < -0.3 is 19.1 Å². The van der Waals surface area contributed by atoms with Gasteiger partial charge in [0.25, 0.3) is 0 Å². The van der Waals surface area contributed by atoms with Gasteiger partial charge >= 0.3 is 5.97 Å². The van der Waals surface area contributed by atoms with E-state index >= 15 is 0 Å². The van der Waals surface area contributed by atoms with Gasteiger partial charge in [0.2, 0.25) is 0 Å². The largest absolute Gasteiger partial charge is 0.487 e. The summed E-state index contributed by atoms with van der Waals surface area (Å²) in [5.41, 5.74) is 2.39. The van der Waals surface area contributed by atoms with Crippen molar-refractivity contribution in [1.29, 1.82) is 0 Å². The highest BCUT2D eigenvalue weighted by Crippen LogP contribution is 2.27. The highest BCUT2D eigenvalue weighted by molar-refractivity contribution is 6.30. The lowest BCUT2D eigenvalue weighted by Gasteiger charge is -2.32. The zero-order valence-corrected chi connectivity index (χ0v) is 23.0. The molecular formula is C30H29ClF2N4O4. The Labute approximate surface area is 240 Å². The zero-order valence-electron chi connectivity index (χ0n) is 22.2. The molecule has 0 aliphatic carbocycles. The predicted octanol–water partition coefficient (Wildman–Crippen LogP) is 5.48. The van der Waals surface area contributed by atoms with Crippen LogP contribution in [-0.4, -0.2) is 62.4 Å². The van der Waals surface area contributed by atoms with Crippen LogP contribution in [0.5, 0.6) is 5.75 Å². The third kappa shape index (κ3) is 6.19. The number of rotatable bonds is 9. The molecule has 2 aliphatic rings. The molecule has 1 atom stereocenters. The third-order valence-corrected chi connectivity index (χ3v) is 7.90. The summed E-state index contributed by atoms with van der Waals surface area (Å²) in [6.07, 6.45) is 2.53. The number of aromatic carboxylic acids is 1. The Hall–Kier alpha value is -3.60. The molecule has 1 N–H and O–H groups in total. The van der Waals surface area contributed by atoms with Crippen LogP contribution in [0.4, 0.5) is 8.78 Å². The molecule has 6 rings (SSSR count). The van der Waals surface area contributed by atoms with Crippen LogP contribution < -0.4 is 4.74 Å². The zero-order chi connectivity index (χ0) is 28.5. The van der Waals surface area contributed by atoms with Crippen molar-refractivity contribution >= 4 is 28.7 Å². The van der Waals surface area contributed by atoms with Crippen LogP contribution in [0, 0.1) is 11.6 Å². The summed E-state index contributed by atoms with van der Waals surface area (Å²) in [5, 5.41) is 9.74. The molecule has 2 saturated heterocycles. The monoisotopic (exact) mass is 582 g/mol. The number of carboxylic acid groups (broad SMARTS) is 1. The van der Waals surface area contributed by atoms with E-state index in [1.807, 2.05) is 4.57 Å². The second-order valence-corrected chi connectivity index (χ2v) is 11.0. The SMILES string of the molecule is O=C(O)c1ccc2nc(CN3CCC(Oc4cc(Cc5ccc(Cl)cc5F)ccc4F)CC3)n(CC3CCO3)c2n1. The number of piperidine rings is 1. The van der Waals surface area contributed by atoms with Gasteiger partial charge in [0, 0.05) is 31.1 Å². The predicted molar refractivity (Wildman–Crippen MR) is 148 cm³/mol. The van der Waals surface area contributed by atoms with Crippen molar-refractivity contribution < 1.29 is 28.2 Å². The number of halogens is 3. The molecule has 8 nitrogen and oxygen atoms in total. The summed E-state index contributed by atoms with van der Waals surface area (Å²) >= 11 is 5.86. The standard InChI is InChI=1S/C30H29ClF2N4O4/c31-20-3-2-19(24(33)15-20)13-18-1-4-23(32)27(14-18)41-21-7-10-36(11-8-21)17-28-34-25-5-6-26(30(38)39)35-29(25)37(28)16-22-9-12-40-22/h1-6,14-15,21-22H,7-13,16-17H2,(H,38,39). The number of hydrogen-bond acceptors (Lipinski definition) is 6. The number of carboxylic acids is 1. The average molecular weight is 583 g/mol. The minimum absolute atomic E-state index is 0.0210. The Morgan fingerprint density at radius 1 is 1.05 bits per heavy atom. The van der Waals surface area contributed by atoms with Crippen LogP contribution in [0.2, 0.25) is 5.02 Å². The van der Waals surface area contributed by atoms with E-state index in [4.69, 9.17) is 26.1 Å². The van der Waals surface area contributed by atoms with Gasteiger partial charge in [0.15, 0.2) is 22.9 Å². The van der Waals surface area contributed by atoms with E-state index in [0.29, 0.717) is 54.1 Å². The molecule has 2 aliphatic heterocycles. The van der Waals surface area contributed by atoms with Crippen molar-refractivity contribution in [2.24, 2.45) is 0 Å². The van der Waals surface area contributed by atoms with Gasteiger partial charge in [0.05, 0.1) is 19.2 Å². The van der Waals surface area contributed by atoms with E-state index in [1.165, 1.54) is 18.2 Å². The van der Waals surface area contributed by atoms with Crippen LogP contribution in [0.1, 0.15) is 46.7 Å². The summed E-state index contributed by atoms with van der Waals surface area (Å²) in [6.45, 7) is 3.29. The third-order valence-electron chi connectivity index (χ3n) is 7.67. The fourth-order valence-corrected chi connectivity index (χ4v) is 5.47. The van der Waals surface area contributed by atoms with Gasteiger partial charge in [-0.1, -0.05) is 23.7 Å². The minimum Gasteiger partial charge on any atom is -0.487 e.